The fraction of sp³-hybridized carbons (Fsp3) is 0.323. The Morgan fingerprint density at radius 1 is 1.19 bits per heavy atom. The molecule has 0 spiro atoms. The van der Waals surface area contributed by atoms with Crippen LogP contribution in [0.2, 0.25) is 5.02 Å². The normalized spacial score (nSPS) is 14.6. The van der Waals surface area contributed by atoms with Crippen LogP contribution in [0.5, 0.6) is 17.2 Å². The van der Waals surface area contributed by atoms with E-state index < -0.39 is 12.0 Å². The van der Waals surface area contributed by atoms with Crippen LogP contribution in [0.4, 0.5) is 0 Å². The summed E-state index contributed by atoms with van der Waals surface area (Å²) in [6.07, 6.45) is 8.33. The second-order valence-electron chi connectivity index (χ2n) is 9.06. The van der Waals surface area contributed by atoms with E-state index in [0.717, 1.165) is 10.9 Å². The van der Waals surface area contributed by atoms with Crippen molar-refractivity contribution >= 4 is 50.9 Å². The largest absolute Gasteiger partial charge is 0.496 e. The summed E-state index contributed by atoms with van der Waals surface area (Å²) in [6, 6.07) is 8.06. The molecule has 2 heterocycles. The van der Waals surface area contributed by atoms with Crippen molar-refractivity contribution in [3.63, 3.8) is 0 Å². The zero-order chi connectivity index (χ0) is 30.4. The highest BCUT2D eigenvalue weighted by Gasteiger charge is 2.36. The molecular weight excluding hydrogens is 644 g/mol. The molecule has 1 aromatic heterocycles. The lowest BCUT2D eigenvalue weighted by molar-refractivity contribution is -0.139. The molecule has 0 saturated carbocycles. The molecule has 42 heavy (non-hydrogen) atoms. The minimum absolute atomic E-state index is 0.0275. The molecule has 1 aliphatic heterocycles. The summed E-state index contributed by atoms with van der Waals surface area (Å²) >= 11 is 11.3. The number of terminal acetylenes is 1. The Morgan fingerprint density at radius 3 is 2.64 bits per heavy atom. The summed E-state index contributed by atoms with van der Waals surface area (Å²) in [6.45, 7) is 6.17. The van der Waals surface area contributed by atoms with Crippen molar-refractivity contribution < 1.29 is 23.7 Å². The SMILES string of the molecule is C#CCOc1c(Cl)cc(/C=c2/sc3n(c2=O)[C@H](c2cc(Br)ccc2OC)C(C(=O)OCC)=C(CCC)N=3)cc1OCC. The molecule has 0 saturated heterocycles. The molecule has 11 heteroatoms. The lowest BCUT2D eigenvalue weighted by Crippen LogP contribution is -2.40. The minimum Gasteiger partial charge on any atom is -0.496 e. The van der Waals surface area contributed by atoms with E-state index in [9.17, 15) is 9.59 Å². The van der Waals surface area contributed by atoms with Gasteiger partial charge in [0.05, 0.1) is 41.1 Å². The van der Waals surface area contributed by atoms with Gasteiger partial charge in [0.2, 0.25) is 0 Å². The van der Waals surface area contributed by atoms with E-state index in [-0.39, 0.29) is 18.8 Å². The van der Waals surface area contributed by atoms with E-state index in [2.05, 4.69) is 21.9 Å². The van der Waals surface area contributed by atoms with Crippen LogP contribution < -0.4 is 29.1 Å². The van der Waals surface area contributed by atoms with Gasteiger partial charge in [0, 0.05) is 10.0 Å². The fourth-order valence-electron chi connectivity index (χ4n) is 4.67. The third-order valence-corrected chi connectivity index (χ3v) is 8.06. The highest BCUT2D eigenvalue weighted by atomic mass is 79.9. The first-order valence-corrected chi connectivity index (χ1v) is 15.3. The molecule has 0 bridgehead atoms. The number of allylic oxidation sites excluding steroid dienone is 1. The third-order valence-electron chi connectivity index (χ3n) is 6.31. The van der Waals surface area contributed by atoms with Gasteiger partial charge in [0.25, 0.3) is 5.56 Å². The monoisotopic (exact) mass is 672 g/mol. The topological polar surface area (TPSA) is 88.4 Å². The van der Waals surface area contributed by atoms with E-state index >= 15 is 0 Å². The molecule has 8 nitrogen and oxygen atoms in total. The number of benzene rings is 2. The number of methoxy groups -OCH3 is 1. The molecule has 0 radical (unpaired) electrons. The Hall–Kier alpha value is -3.52. The van der Waals surface area contributed by atoms with Crippen LogP contribution in [0.25, 0.3) is 6.08 Å². The van der Waals surface area contributed by atoms with Crippen LogP contribution in [-0.2, 0) is 9.53 Å². The summed E-state index contributed by atoms with van der Waals surface area (Å²) in [7, 11) is 1.55. The number of halogens is 2. The summed E-state index contributed by atoms with van der Waals surface area (Å²) in [5, 5.41) is 0.293. The van der Waals surface area contributed by atoms with Gasteiger partial charge in [-0.05, 0) is 62.2 Å². The smallest absolute Gasteiger partial charge is 0.338 e. The van der Waals surface area contributed by atoms with Crippen molar-refractivity contribution in [3.8, 4) is 29.6 Å². The van der Waals surface area contributed by atoms with Gasteiger partial charge in [-0.3, -0.25) is 9.36 Å². The number of esters is 1. The Bertz CT molecular complexity index is 1750. The second-order valence-corrected chi connectivity index (χ2v) is 11.4. The van der Waals surface area contributed by atoms with Crippen molar-refractivity contribution in [3.05, 3.63) is 81.9 Å². The number of fused-ring (bicyclic) bond motifs is 1. The summed E-state index contributed by atoms with van der Waals surface area (Å²) < 4.78 is 25.2. The van der Waals surface area contributed by atoms with Crippen LogP contribution in [0.1, 0.15) is 50.8 Å². The zero-order valence-corrected chi connectivity index (χ0v) is 26.8. The molecule has 1 atom stereocenters. The first-order chi connectivity index (χ1) is 20.3. The average Bonchev–Trinajstić information content (AvgIpc) is 3.26. The number of thiazole rings is 1. The van der Waals surface area contributed by atoms with Crippen molar-refractivity contribution in [2.75, 3.05) is 26.9 Å². The summed E-state index contributed by atoms with van der Waals surface area (Å²) in [5.74, 6) is 3.15. The standard InChI is InChI=1S/C31H30BrClN2O6S/c1-6-10-22-26(30(37)40-9-4)27(20-17-19(32)11-12-23(20)38-5)35-29(36)25(42-31(35)34-22)16-18-14-21(33)28(41-13-7-2)24(15-18)39-8-3/h2,11-12,14-17,27H,6,8-10,13H2,1,3-5H3/b25-16+/t27-/m1/s1. The molecule has 0 unspecified atom stereocenters. The maximum Gasteiger partial charge on any atom is 0.338 e. The Labute approximate surface area is 261 Å². The van der Waals surface area contributed by atoms with E-state index in [1.54, 1.807) is 38.3 Å². The molecule has 0 N–H and O–H groups in total. The zero-order valence-electron chi connectivity index (χ0n) is 23.7. The van der Waals surface area contributed by atoms with Gasteiger partial charge >= 0.3 is 5.97 Å². The average molecular weight is 674 g/mol. The number of carbonyl (C=O) groups is 1. The molecule has 0 fully saturated rings. The van der Waals surface area contributed by atoms with Gasteiger partial charge in [-0.1, -0.05) is 58.1 Å². The molecular formula is C31H30BrClN2O6S. The molecule has 0 amide bonds. The predicted molar refractivity (Wildman–Crippen MR) is 167 cm³/mol. The minimum atomic E-state index is -0.821. The van der Waals surface area contributed by atoms with Crippen molar-refractivity contribution in [1.29, 1.82) is 0 Å². The van der Waals surface area contributed by atoms with Crippen LogP contribution in [0, 0.1) is 12.3 Å². The van der Waals surface area contributed by atoms with Gasteiger partial charge < -0.3 is 18.9 Å². The van der Waals surface area contributed by atoms with E-state index in [1.807, 2.05) is 26.0 Å². The number of nitrogens with zero attached hydrogens (tertiary/aromatic N) is 2. The maximum atomic E-state index is 14.1. The van der Waals surface area contributed by atoms with E-state index in [4.69, 9.17) is 42.0 Å². The first-order valence-electron chi connectivity index (χ1n) is 13.4. The summed E-state index contributed by atoms with van der Waals surface area (Å²) in [4.78, 5) is 32.8. The first kappa shape index (κ1) is 31.4. The molecule has 2 aromatic carbocycles. The van der Waals surface area contributed by atoms with Crippen LogP contribution >= 0.6 is 38.9 Å². The van der Waals surface area contributed by atoms with Crippen molar-refractivity contribution in [2.24, 2.45) is 4.99 Å². The van der Waals surface area contributed by atoms with E-state index in [1.165, 1.54) is 15.9 Å². The predicted octanol–water partition coefficient (Wildman–Crippen LogP) is 5.41. The van der Waals surface area contributed by atoms with Gasteiger partial charge in [-0.2, -0.15) is 0 Å². The quantitative estimate of drug-likeness (QED) is 0.200. The highest BCUT2D eigenvalue weighted by molar-refractivity contribution is 9.10. The lowest BCUT2D eigenvalue weighted by atomic mass is 9.93. The maximum absolute atomic E-state index is 14.1. The van der Waals surface area contributed by atoms with E-state index in [0.29, 0.717) is 67.0 Å². The number of aromatic nitrogens is 1. The fourth-order valence-corrected chi connectivity index (χ4v) is 6.35. The van der Waals surface area contributed by atoms with Crippen LogP contribution in [-0.4, -0.2) is 37.5 Å². The third kappa shape index (κ3) is 6.43. The number of hydrogen-bond donors (Lipinski definition) is 0. The molecule has 220 valence electrons. The van der Waals surface area contributed by atoms with Gasteiger partial charge in [-0.25, -0.2) is 9.79 Å². The number of hydrogen-bond acceptors (Lipinski definition) is 8. The number of ether oxygens (including phenoxy) is 4. The number of rotatable bonds is 11. The van der Waals surface area contributed by atoms with Crippen molar-refractivity contribution in [2.45, 2.75) is 39.7 Å². The summed E-state index contributed by atoms with van der Waals surface area (Å²) in [5.41, 5.74) is 1.81. The van der Waals surface area contributed by atoms with Gasteiger partial charge in [0.1, 0.15) is 18.4 Å². The molecule has 3 aromatic rings. The lowest BCUT2D eigenvalue weighted by Gasteiger charge is -2.27. The molecule has 0 aliphatic carbocycles. The van der Waals surface area contributed by atoms with Crippen LogP contribution in [0.3, 0.4) is 0 Å². The Morgan fingerprint density at radius 2 is 1.98 bits per heavy atom. The van der Waals surface area contributed by atoms with Gasteiger partial charge in [-0.15, -0.1) is 6.42 Å². The second kappa shape index (κ2) is 14.1. The molecule has 1 aliphatic rings. The Kier molecular flexibility index (Phi) is 10.5. The van der Waals surface area contributed by atoms with Crippen molar-refractivity contribution in [1.82, 2.24) is 4.57 Å². The van der Waals surface area contributed by atoms with Crippen LogP contribution in [0.15, 0.2) is 55.9 Å². The number of carbonyl (C=O) groups excluding carboxylic acids is 1. The Balaban J connectivity index is 2.00. The van der Waals surface area contributed by atoms with Gasteiger partial charge in [0.15, 0.2) is 16.3 Å². The molecule has 4 rings (SSSR count). The highest BCUT2D eigenvalue weighted by Crippen LogP contribution is 2.39.